The van der Waals surface area contributed by atoms with Crippen molar-refractivity contribution in [2.75, 3.05) is 6.61 Å². The molecule has 0 aliphatic carbocycles. The minimum atomic E-state index is 0.186. The molecule has 38 valence electrons. The summed E-state index contributed by atoms with van der Waals surface area (Å²) in [4.78, 5) is 0. The maximum absolute atomic E-state index is 8.56. The number of aliphatic hydroxyl groups is 1. The minimum Gasteiger partial charge on any atom is -0.505 e. The molecule has 1 N–H and O–H groups in total. The predicted octanol–water partition coefficient (Wildman–Crippen LogP) is 0.972. The molecule has 2 nitrogen and oxygen atoms in total. The highest BCUT2D eigenvalue weighted by Gasteiger charge is 1.88. The van der Waals surface area contributed by atoms with E-state index < -0.39 is 0 Å². The lowest BCUT2D eigenvalue weighted by molar-refractivity contribution is 0.257. The third kappa shape index (κ3) is 0.961. The van der Waals surface area contributed by atoms with Gasteiger partial charge in [0.05, 0.1) is 0 Å². The van der Waals surface area contributed by atoms with E-state index in [1.54, 1.807) is 12.2 Å². The Morgan fingerprint density at radius 1 is 1.71 bits per heavy atom. The Morgan fingerprint density at radius 3 is 2.86 bits per heavy atom. The van der Waals surface area contributed by atoms with E-state index in [9.17, 15) is 0 Å². The van der Waals surface area contributed by atoms with E-state index in [0.717, 1.165) is 0 Å². The zero-order valence-corrected chi connectivity index (χ0v) is 3.79. The van der Waals surface area contributed by atoms with E-state index in [0.29, 0.717) is 6.61 Å². The van der Waals surface area contributed by atoms with E-state index in [2.05, 4.69) is 4.74 Å². The summed E-state index contributed by atoms with van der Waals surface area (Å²) in [5, 5.41) is 8.56. The second-order valence-corrected chi connectivity index (χ2v) is 1.28. The zero-order valence-electron chi connectivity index (χ0n) is 3.79. The standard InChI is InChI=1S/C5H6O2/c6-5-2-1-3-7-4-5/h1-2,4,6H,3H2. The van der Waals surface area contributed by atoms with Crippen LogP contribution in [0, 0.1) is 0 Å². The highest BCUT2D eigenvalue weighted by atomic mass is 16.5. The molecule has 0 saturated heterocycles. The maximum atomic E-state index is 8.56. The van der Waals surface area contributed by atoms with Crippen molar-refractivity contribution in [1.82, 2.24) is 0 Å². The van der Waals surface area contributed by atoms with Gasteiger partial charge in [0, 0.05) is 0 Å². The zero-order chi connectivity index (χ0) is 5.11. The molecule has 0 fully saturated rings. The lowest BCUT2D eigenvalue weighted by Gasteiger charge is -1.99. The van der Waals surface area contributed by atoms with Crippen LogP contribution in [-0.2, 0) is 4.74 Å². The predicted molar refractivity (Wildman–Crippen MR) is 25.8 cm³/mol. The largest absolute Gasteiger partial charge is 0.505 e. The summed E-state index contributed by atoms with van der Waals surface area (Å²) < 4.78 is 4.68. The molecule has 0 aromatic carbocycles. The van der Waals surface area contributed by atoms with Crippen molar-refractivity contribution in [3.05, 3.63) is 24.2 Å². The second-order valence-electron chi connectivity index (χ2n) is 1.28. The van der Waals surface area contributed by atoms with Gasteiger partial charge in [-0.1, -0.05) is 0 Å². The fraction of sp³-hybridized carbons (Fsp3) is 0.200. The van der Waals surface area contributed by atoms with Crippen molar-refractivity contribution in [2.24, 2.45) is 0 Å². The lowest BCUT2D eigenvalue weighted by Crippen LogP contribution is -1.89. The fourth-order valence-electron chi connectivity index (χ4n) is 0.397. The van der Waals surface area contributed by atoms with Crippen LogP contribution < -0.4 is 0 Å². The summed E-state index contributed by atoms with van der Waals surface area (Å²) in [6, 6.07) is 0. The SMILES string of the molecule is OC1=COCC=C1. The summed E-state index contributed by atoms with van der Waals surface area (Å²) in [5.41, 5.74) is 0. The molecule has 1 rings (SSSR count). The third-order valence-corrected chi connectivity index (χ3v) is 0.685. The van der Waals surface area contributed by atoms with Crippen LogP contribution >= 0.6 is 0 Å². The van der Waals surface area contributed by atoms with Crippen LogP contribution in [0.3, 0.4) is 0 Å². The summed E-state index contributed by atoms with van der Waals surface area (Å²) >= 11 is 0. The lowest BCUT2D eigenvalue weighted by atomic mass is 10.4. The van der Waals surface area contributed by atoms with Crippen molar-refractivity contribution in [3.63, 3.8) is 0 Å². The molecule has 0 amide bonds. The third-order valence-electron chi connectivity index (χ3n) is 0.685. The first-order valence-electron chi connectivity index (χ1n) is 2.07. The van der Waals surface area contributed by atoms with E-state index in [1.165, 1.54) is 6.26 Å². The number of hydrogen-bond acceptors (Lipinski definition) is 2. The van der Waals surface area contributed by atoms with Gasteiger partial charge in [-0.3, -0.25) is 0 Å². The molecule has 0 unspecified atom stereocenters. The number of hydrogen-bond donors (Lipinski definition) is 1. The molecular formula is C5H6O2. The Kier molecular flexibility index (Phi) is 1.02. The van der Waals surface area contributed by atoms with Crippen LogP contribution in [0.2, 0.25) is 0 Å². The molecule has 1 aliphatic rings. The van der Waals surface area contributed by atoms with Gasteiger partial charge < -0.3 is 9.84 Å². The van der Waals surface area contributed by atoms with Gasteiger partial charge in [-0.15, -0.1) is 0 Å². The van der Waals surface area contributed by atoms with Crippen LogP contribution in [0.25, 0.3) is 0 Å². The molecule has 0 saturated carbocycles. The molecule has 0 bridgehead atoms. The van der Waals surface area contributed by atoms with Gasteiger partial charge in [0.2, 0.25) is 0 Å². The average molecular weight is 98.1 g/mol. The molecule has 0 atom stereocenters. The van der Waals surface area contributed by atoms with Crippen molar-refractivity contribution in [2.45, 2.75) is 0 Å². The Bertz CT molecular complexity index is 113. The van der Waals surface area contributed by atoms with Crippen LogP contribution in [0.1, 0.15) is 0 Å². The number of rotatable bonds is 0. The first kappa shape index (κ1) is 4.24. The summed E-state index contributed by atoms with van der Waals surface area (Å²) in [7, 11) is 0. The smallest absolute Gasteiger partial charge is 0.149 e. The van der Waals surface area contributed by atoms with Crippen molar-refractivity contribution >= 4 is 0 Å². The Hall–Kier alpha value is -0.920. The van der Waals surface area contributed by atoms with Crippen molar-refractivity contribution in [3.8, 4) is 0 Å². The van der Waals surface area contributed by atoms with E-state index in [1.807, 2.05) is 0 Å². The van der Waals surface area contributed by atoms with Crippen LogP contribution in [-0.4, -0.2) is 11.7 Å². The molecular weight excluding hydrogens is 92.1 g/mol. The molecule has 1 heterocycles. The van der Waals surface area contributed by atoms with Gasteiger partial charge >= 0.3 is 0 Å². The van der Waals surface area contributed by atoms with Crippen LogP contribution in [0.5, 0.6) is 0 Å². The Labute approximate surface area is 41.7 Å². The molecule has 1 aliphatic heterocycles. The normalized spacial score (nSPS) is 18.0. The van der Waals surface area contributed by atoms with Crippen LogP contribution in [0.15, 0.2) is 24.2 Å². The van der Waals surface area contributed by atoms with Gasteiger partial charge in [-0.05, 0) is 12.2 Å². The number of aliphatic hydroxyl groups excluding tert-OH is 1. The molecule has 2 heteroatoms. The van der Waals surface area contributed by atoms with Crippen LogP contribution in [0.4, 0.5) is 0 Å². The van der Waals surface area contributed by atoms with Gasteiger partial charge in [0.25, 0.3) is 0 Å². The topological polar surface area (TPSA) is 29.5 Å². The van der Waals surface area contributed by atoms with Gasteiger partial charge in [0.1, 0.15) is 18.6 Å². The molecule has 0 aromatic rings. The summed E-state index contributed by atoms with van der Waals surface area (Å²) in [6.07, 6.45) is 4.67. The van der Waals surface area contributed by atoms with E-state index >= 15 is 0 Å². The Morgan fingerprint density at radius 2 is 2.57 bits per heavy atom. The second kappa shape index (κ2) is 1.69. The monoisotopic (exact) mass is 98.0 g/mol. The summed E-state index contributed by atoms with van der Waals surface area (Å²) in [6.45, 7) is 0.573. The first-order valence-corrected chi connectivity index (χ1v) is 2.07. The summed E-state index contributed by atoms with van der Waals surface area (Å²) in [5.74, 6) is 0.186. The highest BCUT2D eigenvalue weighted by Crippen LogP contribution is 1.96. The minimum absolute atomic E-state index is 0.186. The van der Waals surface area contributed by atoms with Gasteiger partial charge in [-0.2, -0.15) is 0 Å². The van der Waals surface area contributed by atoms with Crippen molar-refractivity contribution < 1.29 is 9.84 Å². The molecule has 0 spiro atoms. The average Bonchev–Trinajstić information content (AvgIpc) is 1.69. The Balaban J connectivity index is 2.58. The highest BCUT2D eigenvalue weighted by molar-refractivity contribution is 5.10. The molecule has 0 radical (unpaired) electrons. The fourth-order valence-corrected chi connectivity index (χ4v) is 0.397. The quantitative estimate of drug-likeness (QED) is 0.489. The number of allylic oxidation sites excluding steroid dienone is 1. The molecule has 0 aromatic heterocycles. The van der Waals surface area contributed by atoms with Gasteiger partial charge in [0.15, 0.2) is 0 Å². The maximum Gasteiger partial charge on any atom is 0.149 e. The van der Waals surface area contributed by atoms with Crippen molar-refractivity contribution in [1.29, 1.82) is 0 Å². The van der Waals surface area contributed by atoms with E-state index in [4.69, 9.17) is 5.11 Å². The molecule has 7 heavy (non-hydrogen) atoms. The number of ether oxygens (including phenoxy) is 1. The van der Waals surface area contributed by atoms with Gasteiger partial charge in [-0.25, -0.2) is 0 Å². The van der Waals surface area contributed by atoms with E-state index in [-0.39, 0.29) is 5.76 Å². The first-order chi connectivity index (χ1) is 3.39.